The molecule has 1 N–H and O–H groups in total. The summed E-state index contributed by atoms with van der Waals surface area (Å²) in [6.45, 7) is 0. The zero-order valence-corrected chi connectivity index (χ0v) is 13.8. The maximum Gasteiger partial charge on any atom is 0.573 e. The average Bonchev–Trinajstić information content (AvgIpc) is 2.63. The number of rotatable bonds is 5. The van der Waals surface area contributed by atoms with Crippen molar-refractivity contribution in [2.75, 3.05) is 5.43 Å². The van der Waals surface area contributed by atoms with E-state index in [2.05, 4.69) is 10.2 Å². The Hall–Kier alpha value is -3.55. The van der Waals surface area contributed by atoms with Crippen molar-refractivity contribution in [2.45, 2.75) is 6.36 Å². The van der Waals surface area contributed by atoms with Crippen LogP contribution in [0.4, 0.5) is 13.2 Å². The molecule has 138 valence electrons. The molecule has 0 aliphatic rings. The van der Waals surface area contributed by atoms with E-state index >= 15 is 0 Å². The third-order valence-electron chi connectivity index (χ3n) is 3.36. The number of hydrogen-bond donors (Lipinski definition) is 1. The summed E-state index contributed by atoms with van der Waals surface area (Å²) >= 11 is 0. The number of nitrogens with one attached hydrogen (secondary N) is 1. The van der Waals surface area contributed by atoms with Gasteiger partial charge in [0.15, 0.2) is 12.4 Å². The lowest BCUT2D eigenvalue weighted by atomic mass is 10.2. The largest absolute Gasteiger partial charge is 0.573 e. The van der Waals surface area contributed by atoms with Crippen LogP contribution in [0.5, 0.6) is 17.2 Å². The van der Waals surface area contributed by atoms with Gasteiger partial charge in [-0.25, -0.2) is 0 Å². The quantitative estimate of drug-likeness (QED) is 0.685. The van der Waals surface area contributed by atoms with Crippen LogP contribution in [0.25, 0.3) is 0 Å². The predicted octanol–water partition coefficient (Wildman–Crippen LogP) is 4.05. The van der Waals surface area contributed by atoms with E-state index in [1.165, 1.54) is 16.8 Å². The van der Waals surface area contributed by atoms with E-state index in [0.29, 0.717) is 17.1 Å². The molecular weight excluding hydrogens is 361 g/mol. The number of carbonyl (C=O) groups excluding carboxylic acids is 1. The van der Waals surface area contributed by atoms with E-state index in [9.17, 15) is 18.0 Å². The van der Waals surface area contributed by atoms with E-state index in [4.69, 9.17) is 4.74 Å². The number of carbonyl (C=O) groups is 1. The molecule has 0 spiro atoms. The summed E-state index contributed by atoms with van der Waals surface area (Å²) in [7, 11) is 0. The Morgan fingerprint density at radius 3 is 1.89 bits per heavy atom. The molecule has 0 saturated heterocycles. The minimum atomic E-state index is -4.74. The molecule has 0 radical (unpaired) electrons. The van der Waals surface area contributed by atoms with Gasteiger partial charge in [0.25, 0.3) is 0 Å². The van der Waals surface area contributed by atoms with Crippen molar-refractivity contribution in [2.24, 2.45) is 0 Å². The van der Waals surface area contributed by atoms with Crippen molar-refractivity contribution in [1.82, 2.24) is 0 Å². The smallest absolute Gasteiger partial charge is 0.457 e. The minimum Gasteiger partial charge on any atom is -0.457 e. The molecule has 0 fully saturated rings. The fourth-order valence-corrected chi connectivity index (χ4v) is 2.17. The molecule has 0 atom stereocenters. The lowest BCUT2D eigenvalue weighted by Gasteiger charge is -2.10. The number of alkyl halides is 3. The standard InChI is InChI=1S/C19H13F3N2O3/c20-19(21,22)27-17-10-8-16(9-11-17)26-15-6-4-14(5-7-15)18(25)23-24-12-2-1-3-13-24/h1-13H/p+1. The van der Waals surface area contributed by atoms with Gasteiger partial charge in [-0.15, -0.1) is 18.6 Å². The van der Waals surface area contributed by atoms with Gasteiger partial charge in [-0.05, 0) is 48.5 Å². The highest BCUT2D eigenvalue weighted by Crippen LogP contribution is 2.27. The molecule has 3 rings (SSSR count). The van der Waals surface area contributed by atoms with Gasteiger partial charge >= 0.3 is 12.3 Å². The van der Waals surface area contributed by atoms with Crippen molar-refractivity contribution < 1.29 is 32.1 Å². The molecular formula is C19H14F3N2O3+. The highest BCUT2D eigenvalue weighted by atomic mass is 19.4. The SMILES string of the molecule is O=C(N[n+]1ccccc1)c1ccc(Oc2ccc(OC(F)(F)F)cc2)cc1. The first kappa shape index (κ1) is 18.2. The van der Waals surface area contributed by atoms with Crippen LogP contribution in [0.2, 0.25) is 0 Å². The van der Waals surface area contributed by atoms with Crippen LogP contribution in [0, 0.1) is 0 Å². The van der Waals surface area contributed by atoms with Gasteiger partial charge in [-0.2, -0.15) is 0 Å². The van der Waals surface area contributed by atoms with Gasteiger partial charge in [-0.3, -0.25) is 4.79 Å². The molecule has 0 bridgehead atoms. The Kier molecular flexibility index (Phi) is 5.25. The predicted molar refractivity (Wildman–Crippen MR) is 90.0 cm³/mol. The van der Waals surface area contributed by atoms with E-state index < -0.39 is 6.36 Å². The summed E-state index contributed by atoms with van der Waals surface area (Å²) in [4.78, 5) is 12.2. The summed E-state index contributed by atoms with van der Waals surface area (Å²) < 4.78 is 47.3. The number of ether oxygens (including phenoxy) is 2. The fraction of sp³-hybridized carbons (Fsp3) is 0.0526. The third-order valence-corrected chi connectivity index (χ3v) is 3.36. The Morgan fingerprint density at radius 1 is 0.815 bits per heavy atom. The van der Waals surface area contributed by atoms with Crippen LogP contribution in [0.1, 0.15) is 10.4 Å². The molecule has 5 nitrogen and oxygen atoms in total. The summed E-state index contributed by atoms with van der Waals surface area (Å²) in [5, 5.41) is 0. The van der Waals surface area contributed by atoms with E-state index in [1.54, 1.807) is 48.8 Å². The number of halogens is 3. The molecule has 1 amide bonds. The number of pyridine rings is 1. The number of aromatic nitrogens is 1. The number of hydrogen-bond acceptors (Lipinski definition) is 3. The first-order valence-electron chi connectivity index (χ1n) is 7.80. The normalized spacial score (nSPS) is 10.9. The van der Waals surface area contributed by atoms with Gasteiger partial charge in [0, 0.05) is 17.7 Å². The van der Waals surface area contributed by atoms with Crippen LogP contribution in [0.3, 0.4) is 0 Å². The topological polar surface area (TPSA) is 51.4 Å². The monoisotopic (exact) mass is 375 g/mol. The molecule has 2 aromatic carbocycles. The molecule has 27 heavy (non-hydrogen) atoms. The zero-order chi connectivity index (χ0) is 19.3. The highest BCUT2D eigenvalue weighted by molar-refractivity contribution is 5.98. The Bertz CT molecular complexity index is 896. The van der Waals surface area contributed by atoms with Crippen molar-refractivity contribution in [3.8, 4) is 17.2 Å². The summed E-state index contributed by atoms with van der Waals surface area (Å²) in [5.74, 6) is 0.136. The van der Waals surface area contributed by atoms with Gasteiger partial charge in [0.1, 0.15) is 17.2 Å². The van der Waals surface area contributed by atoms with Gasteiger partial charge < -0.3 is 9.47 Å². The highest BCUT2D eigenvalue weighted by Gasteiger charge is 2.30. The second-order valence-electron chi connectivity index (χ2n) is 5.37. The first-order valence-corrected chi connectivity index (χ1v) is 7.80. The van der Waals surface area contributed by atoms with Crippen molar-refractivity contribution in [3.05, 3.63) is 84.7 Å². The maximum atomic E-state index is 12.2. The van der Waals surface area contributed by atoms with E-state index in [1.807, 2.05) is 6.07 Å². The summed E-state index contributed by atoms with van der Waals surface area (Å²) in [6.07, 6.45) is -1.35. The number of benzene rings is 2. The van der Waals surface area contributed by atoms with Crippen LogP contribution in [0.15, 0.2) is 79.1 Å². The van der Waals surface area contributed by atoms with Crippen molar-refractivity contribution in [3.63, 3.8) is 0 Å². The van der Waals surface area contributed by atoms with Gasteiger partial charge in [-0.1, -0.05) is 10.7 Å². The molecule has 3 aromatic rings. The van der Waals surface area contributed by atoms with Crippen LogP contribution in [-0.4, -0.2) is 12.3 Å². The van der Waals surface area contributed by atoms with Crippen LogP contribution < -0.4 is 19.6 Å². The minimum absolute atomic E-state index is 0.300. The molecule has 1 heterocycles. The zero-order valence-electron chi connectivity index (χ0n) is 13.8. The van der Waals surface area contributed by atoms with Crippen molar-refractivity contribution >= 4 is 5.91 Å². The van der Waals surface area contributed by atoms with Crippen molar-refractivity contribution in [1.29, 1.82) is 0 Å². The lowest BCUT2D eigenvalue weighted by Crippen LogP contribution is -2.47. The second-order valence-corrected chi connectivity index (χ2v) is 5.37. The lowest BCUT2D eigenvalue weighted by molar-refractivity contribution is -0.641. The fourth-order valence-electron chi connectivity index (χ4n) is 2.17. The van der Waals surface area contributed by atoms with E-state index in [-0.39, 0.29) is 11.7 Å². The summed E-state index contributed by atoms with van der Waals surface area (Å²) in [5.41, 5.74) is 3.11. The maximum absolute atomic E-state index is 12.2. The first-order chi connectivity index (χ1) is 12.9. The van der Waals surface area contributed by atoms with Crippen LogP contribution in [-0.2, 0) is 0 Å². The van der Waals surface area contributed by atoms with Gasteiger partial charge in [0.2, 0.25) is 0 Å². The molecule has 0 unspecified atom stereocenters. The summed E-state index contributed by atoms with van der Waals surface area (Å²) in [6, 6.07) is 16.7. The van der Waals surface area contributed by atoms with E-state index in [0.717, 1.165) is 12.1 Å². The van der Waals surface area contributed by atoms with Gasteiger partial charge in [0.05, 0.1) is 0 Å². The molecule has 0 aliphatic carbocycles. The number of amides is 1. The molecule has 8 heteroatoms. The molecule has 0 aliphatic heterocycles. The number of nitrogens with zero attached hydrogens (tertiary/aromatic N) is 1. The molecule has 0 saturated carbocycles. The third kappa shape index (κ3) is 5.46. The Labute approximate surface area is 152 Å². The van der Waals surface area contributed by atoms with Crippen LogP contribution >= 0.6 is 0 Å². The molecule has 1 aromatic heterocycles. The Morgan fingerprint density at radius 2 is 1.33 bits per heavy atom. The average molecular weight is 375 g/mol. The second kappa shape index (κ2) is 7.77. The Balaban J connectivity index is 1.61.